The molecule has 0 aromatic carbocycles. The third kappa shape index (κ3) is 4.02. The Morgan fingerprint density at radius 3 is 2.83 bits per heavy atom. The molecule has 0 radical (unpaired) electrons. The fourth-order valence-electron chi connectivity index (χ4n) is 2.30. The molecule has 1 aliphatic heterocycles. The first-order chi connectivity index (χ1) is 8.65. The Labute approximate surface area is 113 Å². The van der Waals surface area contributed by atoms with Crippen LogP contribution in [0, 0.1) is 6.92 Å². The summed E-state index contributed by atoms with van der Waals surface area (Å²) in [4.78, 5) is 7.93. The third-order valence-corrected chi connectivity index (χ3v) is 4.43. The third-order valence-electron chi connectivity index (χ3n) is 3.34. The van der Waals surface area contributed by atoms with Gasteiger partial charge in [-0.15, -0.1) is 11.3 Å². The lowest BCUT2D eigenvalue weighted by molar-refractivity contribution is 0.121. The van der Waals surface area contributed by atoms with Crippen LogP contribution in [0.4, 0.5) is 0 Å². The fraction of sp³-hybridized carbons (Fsp3) is 0.769. The van der Waals surface area contributed by atoms with Crippen molar-refractivity contribution in [1.82, 2.24) is 15.2 Å². The minimum atomic E-state index is -0.286. The largest absolute Gasteiger partial charge is 0.390 e. The van der Waals surface area contributed by atoms with Gasteiger partial charge < -0.3 is 15.3 Å². The summed E-state index contributed by atoms with van der Waals surface area (Å²) in [5.74, 6) is 0. The molecule has 0 amide bonds. The van der Waals surface area contributed by atoms with Crippen molar-refractivity contribution in [2.75, 3.05) is 26.2 Å². The van der Waals surface area contributed by atoms with Gasteiger partial charge in [0.25, 0.3) is 0 Å². The van der Waals surface area contributed by atoms with Crippen molar-refractivity contribution >= 4 is 11.3 Å². The summed E-state index contributed by atoms with van der Waals surface area (Å²) in [6, 6.07) is 0.219. The summed E-state index contributed by atoms with van der Waals surface area (Å²) >= 11 is 1.71. The Balaban J connectivity index is 1.70. The molecule has 1 aromatic rings. The van der Waals surface area contributed by atoms with E-state index in [1.54, 1.807) is 11.3 Å². The molecule has 1 fully saturated rings. The van der Waals surface area contributed by atoms with Crippen LogP contribution in [-0.4, -0.2) is 47.3 Å². The van der Waals surface area contributed by atoms with Crippen LogP contribution in [0.3, 0.4) is 0 Å². The highest BCUT2D eigenvalue weighted by molar-refractivity contribution is 7.11. The molecule has 2 N–H and O–H groups in total. The van der Waals surface area contributed by atoms with Crippen LogP contribution in [0.25, 0.3) is 0 Å². The SMILES string of the molecule is Cc1cnc(C(C)NCC(O)CN2CCCC2)s1. The second-order valence-electron chi connectivity index (χ2n) is 5.10. The maximum atomic E-state index is 9.99. The maximum Gasteiger partial charge on any atom is 0.109 e. The number of aryl methyl sites for hydroxylation is 1. The molecular formula is C13H23N3OS. The van der Waals surface area contributed by atoms with Crippen LogP contribution in [0.15, 0.2) is 6.20 Å². The predicted octanol–water partition coefficient (Wildman–Crippen LogP) is 1.56. The molecule has 0 spiro atoms. The molecule has 2 heterocycles. The van der Waals surface area contributed by atoms with Gasteiger partial charge >= 0.3 is 0 Å². The second kappa shape index (κ2) is 6.61. The number of rotatable bonds is 6. The summed E-state index contributed by atoms with van der Waals surface area (Å²) in [6.07, 6.45) is 4.16. The van der Waals surface area contributed by atoms with E-state index >= 15 is 0 Å². The number of nitrogens with zero attached hydrogens (tertiary/aromatic N) is 2. The van der Waals surface area contributed by atoms with Crippen molar-refractivity contribution in [2.45, 2.75) is 38.8 Å². The second-order valence-corrected chi connectivity index (χ2v) is 6.37. The number of hydrogen-bond acceptors (Lipinski definition) is 5. The first kappa shape index (κ1) is 13.9. The van der Waals surface area contributed by atoms with Gasteiger partial charge in [0, 0.05) is 24.2 Å². The zero-order chi connectivity index (χ0) is 13.0. The van der Waals surface area contributed by atoms with Crippen molar-refractivity contribution < 1.29 is 5.11 Å². The number of nitrogens with one attached hydrogen (secondary N) is 1. The maximum absolute atomic E-state index is 9.99. The average molecular weight is 269 g/mol. The Morgan fingerprint density at radius 2 is 2.22 bits per heavy atom. The Bertz CT molecular complexity index is 363. The number of aliphatic hydroxyl groups is 1. The van der Waals surface area contributed by atoms with Gasteiger partial charge in [-0.2, -0.15) is 0 Å². The van der Waals surface area contributed by atoms with Crippen LogP contribution < -0.4 is 5.32 Å². The molecule has 4 nitrogen and oxygen atoms in total. The van der Waals surface area contributed by atoms with Crippen molar-refractivity contribution in [3.63, 3.8) is 0 Å². The minimum Gasteiger partial charge on any atom is -0.390 e. The fourth-order valence-corrected chi connectivity index (χ4v) is 3.10. The first-order valence-electron chi connectivity index (χ1n) is 6.71. The number of aliphatic hydroxyl groups excluding tert-OH is 1. The van der Waals surface area contributed by atoms with E-state index in [1.165, 1.54) is 17.7 Å². The van der Waals surface area contributed by atoms with Gasteiger partial charge in [-0.3, -0.25) is 0 Å². The lowest BCUT2D eigenvalue weighted by Gasteiger charge is -2.21. The monoisotopic (exact) mass is 269 g/mol. The van der Waals surface area contributed by atoms with Crippen molar-refractivity contribution in [3.8, 4) is 0 Å². The Morgan fingerprint density at radius 1 is 1.50 bits per heavy atom. The Kier molecular flexibility index (Phi) is 5.12. The van der Waals surface area contributed by atoms with Gasteiger partial charge in [-0.25, -0.2) is 4.98 Å². The van der Waals surface area contributed by atoms with E-state index in [-0.39, 0.29) is 12.1 Å². The van der Waals surface area contributed by atoms with E-state index in [4.69, 9.17) is 0 Å². The summed E-state index contributed by atoms with van der Waals surface area (Å²) in [6.45, 7) is 7.86. The highest BCUT2D eigenvalue weighted by Crippen LogP contribution is 2.18. The number of β-amino-alcohol motifs (C(OH)–C–C–N with tert-alkyl or cyclic N) is 1. The van der Waals surface area contributed by atoms with Gasteiger partial charge in [0.1, 0.15) is 5.01 Å². The van der Waals surface area contributed by atoms with E-state index in [0.717, 1.165) is 24.6 Å². The van der Waals surface area contributed by atoms with Crippen molar-refractivity contribution in [2.24, 2.45) is 0 Å². The lowest BCUT2D eigenvalue weighted by Crippen LogP contribution is -2.37. The van der Waals surface area contributed by atoms with Crippen molar-refractivity contribution in [3.05, 3.63) is 16.1 Å². The van der Waals surface area contributed by atoms with Crippen LogP contribution in [0.2, 0.25) is 0 Å². The molecular weight excluding hydrogens is 246 g/mol. The van der Waals surface area contributed by atoms with Gasteiger partial charge in [-0.1, -0.05) is 0 Å². The average Bonchev–Trinajstić information content (AvgIpc) is 2.97. The summed E-state index contributed by atoms with van der Waals surface area (Å²) in [5, 5.41) is 14.4. The van der Waals surface area contributed by atoms with Crippen LogP contribution >= 0.6 is 11.3 Å². The number of likely N-dealkylation sites (tertiary alicyclic amines) is 1. The van der Waals surface area contributed by atoms with Crippen LogP contribution in [-0.2, 0) is 0 Å². The normalized spacial score (nSPS) is 20.2. The highest BCUT2D eigenvalue weighted by atomic mass is 32.1. The number of thiazole rings is 1. The molecule has 5 heteroatoms. The molecule has 102 valence electrons. The van der Waals surface area contributed by atoms with E-state index in [0.29, 0.717) is 6.54 Å². The molecule has 2 atom stereocenters. The molecule has 1 aromatic heterocycles. The molecule has 1 saturated heterocycles. The highest BCUT2D eigenvalue weighted by Gasteiger charge is 2.17. The van der Waals surface area contributed by atoms with Crippen LogP contribution in [0.1, 0.15) is 35.7 Å². The van der Waals surface area contributed by atoms with Gasteiger partial charge in [0.15, 0.2) is 0 Å². The van der Waals surface area contributed by atoms with Crippen LogP contribution in [0.5, 0.6) is 0 Å². The molecule has 2 rings (SSSR count). The Hall–Kier alpha value is -0.490. The van der Waals surface area contributed by atoms with Gasteiger partial charge in [0.2, 0.25) is 0 Å². The zero-order valence-corrected chi connectivity index (χ0v) is 12.0. The van der Waals surface area contributed by atoms with E-state index in [1.807, 2.05) is 6.20 Å². The number of hydrogen-bond donors (Lipinski definition) is 2. The van der Waals surface area contributed by atoms with Crippen molar-refractivity contribution in [1.29, 1.82) is 0 Å². The topological polar surface area (TPSA) is 48.4 Å². The minimum absolute atomic E-state index is 0.219. The lowest BCUT2D eigenvalue weighted by atomic mass is 10.3. The van der Waals surface area contributed by atoms with E-state index in [9.17, 15) is 5.11 Å². The van der Waals surface area contributed by atoms with Gasteiger partial charge in [0.05, 0.1) is 12.1 Å². The molecule has 0 saturated carbocycles. The molecule has 0 bridgehead atoms. The predicted molar refractivity (Wildman–Crippen MR) is 74.9 cm³/mol. The van der Waals surface area contributed by atoms with E-state index in [2.05, 4.69) is 29.0 Å². The first-order valence-corrected chi connectivity index (χ1v) is 7.53. The number of aromatic nitrogens is 1. The molecule has 1 aliphatic rings. The molecule has 2 unspecified atom stereocenters. The summed E-state index contributed by atoms with van der Waals surface area (Å²) in [5.41, 5.74) is 0. The standard InChI is InChI=1S/C13H23N3OS/c1-10-7-15-13(18-10)11(2)14-8-12(17)9-16-5-3-4-6-16/h7,11-12,14,17H,3-6,8-9H2,1-2H3. The molecule has 0 aliphatic carbocycles. The zero-order valence-electron chi connectivity index (χ0n) is 11.2. The summed E-state index contributed by atoms with van der Waals surface area (Å²) < 4.78 is 0. The molecule has 18 heavy (non-hydrogen) atoms. The van der Waals surface area contributed by atoms with E-state index < -0.39 is 0 Å². The summed E-state index contributed by atoms with van der Waals surface area (Å²) in [7, 11) is 0. The van der Waals surface area contributed by atoms with Gasteiger partial charge in [-0.05, 0) is 39.8 Å². The smallest absolute Gasteiger partial charge is 0.109 e. The quantitative estimate of drug-likeness (QED) is 0.823.